The largest absolute Gasteiger partial charge is 1.00 e. The summed E-state index contributed by atoms with van der Waals surface area (Å²) in [5.74, 6) is 0. The smallest absolute Gasteiger partial charge is 0.126 e. The highest BCUT2D eigenvalue weighted by molar-refractivity contribution is 4.63. The van der Waals surface area contributed by atoms with Crippen molar-refractivity contribution in [2.24, 2.45) is 0 Å². The highest BCUT2D eigenvalue weighted by Crippen LogP contribution is 2.24. The standard InChI is InChI=1S/C12H28NO2.ClH/c1-9(2)13(10(3)4,11(5)6)7-12(15)8-14;/h9-12,14-15H,7-8H2,1-6H3;1H/q+1;/p-1. The topological polar surface area (TPSA) is 40.5 Å². The number of nitrogens with zero attached hydrogens (tertiary/aromatic N) is 1. The van der Waals surface area contributed by atoms with Crippen LogP contribution in [0.4, 0.5) is 0 Å². The summed E-state index contributed by atoms with van der Waals surface area (Å²) in [5.41, 5.74) is 0. The van der Waals surface area contributed by atoms with Gasteiger partial charge in [0.2, 0.25) is 0 Å². The molecule has 0 aromatic rings. The molecule has 0 rings (SSSR count). The molecule has 2 N–H and O–H groups in total. The van der Waals surface area contributed by atoms with Gasteiger partial charge in [0.05, 0.1) is 24.7 Å². The highest BCUT2D eigenvalue weighted by atomic mass is 35.5. The second kappa shape index (κ2) is 7.49. The van der Waals surface area contributed by atoms with Crippen LogP contribution in [0.5, 0.6) is 0 Å². The molecule has 16 heavy (non-hydrogen) atoms. The molecule has 0 aromatic carbocycles. The van der Waals surface area contributed by atoms with Gasteiger partial charge >= 0.3 is 0 Å². The fraction of sp³-hybridized carbons (Fsp3) is 1.00. The Hall–Kier alpha value is 0.170. The minimum atomic E-state index is -0.614. The molecule has 1 atom stereocenters. The summed E-state index contributed by atoms with van der Waals surface area (Å²) in [4.78, 5) is 0. The van der Waals surface area contributed by atoms with Crippen molar-refractivity contribution in [3.63, 3.8) is 0 Å². The summed E-state index contributed by atoms with van der Waals surface area (Å²) in [6.45, 7) is 13.6. The highest BCUT2D eigenvalue weighted by Gasteiger charge is 2.39. The van der Waals surface area contributed by atoms with Gasteiger partial charge in [0, 0.05) is 0 Å². The summed E-state index contributed by atoms with van der Waals surface area (Å²) in [6, 6.07) is 1.35. The first-order valence-electron chi connectivity index (χ1n) is 5.95. The van der Waals surface area contributed by atoms with E-state index in [4.69, 9.17) is 5.11 Å². The van der Waals surface area contributed by atoms with Gasteiger partial charge in [-0.25, -0.2) is 0 Å². The van der Waals surface area contributed by atoms with Crippen LogP contribution in [-0.2, 0) is 0 Å². The summed E-state index contributed by atoms with van der Waals surface area (Å²) in [6.07, 6.45) is -0.614. The molecule has 0 spiro atoms. The van der Waals surface area contributed by atoms with Crippen LogP contribution < -0.4 is 12.4 Å². The first kappa shape index (κ1) is 18.5. The van der Waals surface area contributed by atoms with E-state index < -0.39 is 6.10 Å². The zero-order chi connectivity index (χ0) is 12.2. The molecule has 4 heteroatoms. The van der Waals surface area contributed by atoms with Crippen molar-refractivity contribution >= 4 is 0 Å². The van der Waals surface area contributed by atoms with Gasteiger partial charge in [-0.3, -0.25) is 0 Å². The number of halogens is 1. The summed E-state index contributed by atoms with van der Waals surface area (Å²) in [7, 11) is 0. The zero-order valence-electron chi connectivity index (χ0n) is 11.4. The molecule has 3 nitrogen and oxygen atoms in total. The van der Waals surface area contributed by atoms with E-state index in [1.807, 2.05) is 0 Å². The van der Waals surface area contributed by atoms with Gasteiger partial charge < -0.3 is 27.1 Å². The number of hydrogen-bond acceptors (Lipinski definition) is 2. The molecule has 0 saturated carbocycles. The van der Waals surface area contributed by atoms with E-state index in [1.54, 1.807) is 0 Å². The number of quaternary nitrogens is 1. The van der Waals surface area contributed by atoms with Gasteiger partial charge in [-0.1, -0.05) is 0 Å². The molecule has 0 aliphatic carbocycles. The Balaban J connectivity index is 0. The lowest BCUT2D eigenvalue weighted by atomic mass is 10.0. The van der Waals surface area contributed by atoms with Crippen LogP contribution in [0.25, 0.3) is 0 Å². The van der Waals surface area contributed by atoms with Gasteiger partial charge in [-0.2, -0.15) is 0 Å². The Morgan fingerprint density at radius 2 is 1.19 bits per heavy atom. The predicted molar refractivity (Wildman–Crippen MR) is 63.6 cm³/mol. The average Bonchev–Trinajstić information content (AvgIpc) is 2.11. The molecule has 1 unspecified atom stereocenters. The Labute approximate surface area is 106 Å². The number of aliphatic hydroxyl groups excluding tert-OH is 2. The Morgan fingerprint density at radius 3 is 1.38 bits per heavy atom. The van der Waals surface area contributed by atoms with Crippen molar-refractivity contribution in [2.75, 3.05) is 13.2 Å². The fourth-order valence-corrected chi connectivity index (χ4v) is 2.84. The van der Waals surface area contributed by atoms with Gasteiger partial charge in [0.25, 0.3) is 0 Å². The van der Waals surface area contributed by atoms with Crippen molar-refractivity contribution in [1.82, 2.24) is 0 Å². The van der Waals surface area contributed by atoms with Gasteiger partial charge in [-0.15, -0.1) is 0 Å². The van der Waals surface area contributed by atoms with Crippen LogP contribution in [-0.4, -0.2) is 52.1 Å². The van der Waals surface area contributed by atoms with Crippen LogP contribution in [0.15, 0.2) is 0 Å². The van der Waals surface area contributed by atoms with E-state index in [2.05, 4.69) is 41.5 Å². The lowest BCUT2D eigenvalue weighted by molar-refractivity contribution is -0.987. The maximum atomic E-state index is 9.67. The van der Waals surface area contributed by atoms with Crippen LogP contribution in [0.1, 0.15) is 41.5 Å². The van der Waals surface area contributed by atoms with Crippen molar-refractivity contribution in [3.8, 4) is 0 Å². The maximum absolute atomic E-state index is 9.67. The predicted octanol–water partition coefficient (Wildman–Crippen LogP) is -1.61. The second-order valence-electron chi connectivity index (χ2n) is 5.30. The SMILES string of the molecule is CC(C)[N+](CC(O)CO)(C(C)C)C(C)C.[Cl-]. The molecule has 0 heterocycles. The van der Waals surface area contributed by atoms with Crippen molar-refractivity contribution in [1.29, 1.82) is 0 Å². The summed E-state index contributed by atoms with van der Waals surface area (Å²) < 4.78 is 0.849. The van der Waals surface area contributed by atoms with Crippen LogP contribution in [0, 0.1) is 0 Å². The Kier molecular flexibility index (Phi) is 8.67. The average molecular weight is 254 g/mol. The van der Waals surface area contributed by atoms with E-state index in [9.17, 15) is 5.11 Å². The number of hydrogen-bond donors (Lipinski definition) is 2. The molecule has 0 fully saturated rings. The molecule has 100 valence electrons. The van der Waals surface area contributed by atoms with Crippen molar-refractivity contribution < 1.29 is 27.1 Å². The van der Waals surface area contributed by atoms with E-state index in [0.29, 0.717) is 24.7 Å². The minimum absolute atomic E-state index is 0. The van der Waals surface area contributed by atoms with E-state index in [-0.39, 0.29) is 19.0 Å². The molecule has 0 aliphatic heterocycles. The Bertz CT molecular complexity index is 162. The van der Waals surface area contributed by atoms with E-state index in [1.165, 1.54) is 0 Å². The third-order valence-corrected chi connectivity index (χ3v) is 3.62. The number of aliphatic hydroxyl groups is 2. The lowest BCUT2D eigenvalue weighted by Crippen LogP contribution is -3.00. The van der Waals surface area contributed by atoms with E-state index >= 15 is 0 Å². The zero-order valence-corrected chi connectivity index (χ0v) is 12.2. The first-order chi connectivity index (χ1) is 6.78. The van der Waals surface area contributed by atoms with E-state index in [0.717, 1.165) is 4.48 Å². The molecule has 0 saturated heterocycles. The van der Waals surface area contributed by atoms with Crippen molar-refractivity contribution in [2.45, 2.75) is 65.8 Å². The Morgan fingerprint density at radius 1 is 0.875 bits per heavy atom. The van der Waals surface area contributed by atoms with Crippen molar-refractivity contribution in [3.05, 3.63) is 0 Å². The molecular weight excluding hydrogens is 226 g/mol. The van der Waals surface area contributed by atoms with Crippen LogP contribution in [0.2, 0.25) is 0 Å². The molecule has 0 aromatic heterocycles. The van der Waals surface area contributed by atoms with Crippen LogP contribution >= 0.6 is 0 Å². The normalized spacial score (nSPS) is 14.4. The lowest BCUT2D eigenvalue weighted by Gasteiger charge is -2.50. The quantitative estimate of drug-likeness (QED) is 0.559. The van der Waals surface area contributed by atoms with Crippen LogP contribution in [0.3, 0.4) is 0 Å². The molecule has 0 amide bonds. The second-order valence-corrected chi connectivity index (χ2v) is 5.30. The summed E-state index contributed by atoms with van der Waals surface area (Å²) >= 11 is 0. The molecule has 0 aliphatic rings. The molecule has 0 bridgehead atoms. The third-order valence-electron chi connectivity index (χ3n) is 3.62. The molecule has 0 radical (unpaired) electrons. The third kappa shape index (κ3) is 3.88. The van der Waals surface area contributed by atoms with Gasteiger partial charge in [-0.05, 0) is 41.5 Å². The van der Waals surface area contributed by atoms with Gasteiger partial charge in [0.1, 0.15) is 12.6 Å². The molecular formula is C12H28ClNO2. The number of rotatable bonds is 6. The summed E-state index contributed by atoms with van der Waals surface area (Å²) in [5, 5.41) is 18.7. The first-order valence-corrected chi connectivity index (χ1v) is 5.95. The monoisotopic (exact) mass is 253 g/mol. The minimum Gasteiger partial charge on any atom is -1.00 e. The maximum Gasteiger partial charge on any atom is 0.126 e. The van der Waals surface area contributed by atoms with Gasteiger partial charge in [0.15, 0.2) is 0 Å². The fourth-order valence-electron chi connectivity index (χ4n) is 2.84.